The molecule has 0 radical (unpaired) electrons. The van der Waals surface area contributed by atoms with E-state index in [0.29, 0.717) is 4.47 Å². The van der Waals surface area contributed by atoms with Gasteiger partial charge in [0.15, 0.2) is 0 Å². The Morgan fingerprint density at radius 1 is 1.43 bits per heavy atom. The fourth-order valence-electron chi connectivity index (χ4n) is 1.91. The molecule has 76 valence electrons. The van der Waals surface area contributed by atoms with Crippen LogP contribution in [0.1, 0.15) is 30.4 Å². The van der Waals surface area contributed by atoms with Gasteiger partial charge in [-0.3, -0.25) is 0 Å². The molecule has 1 saturated carbocycles. The molecule has 1 fully saturated rings. The van der Waals surface area contributed by atoms with E-state index >= 15 is 0 Å². The highest BCUT2D eigenvalue weighted by Crippen LogP contribution is 2.42. The first-order valence-electron chi connectivity index (χ1n) is 4.78. The van der Waals surface area contributed by atoms with E-state index in [1.54, 1.807) is 0 Å². The number of hydrogen-bond donors (Lipinski definition) is 1. The smallest absolute Gasteiger partial charge is 0.137 e. The average molecular weight is 258 g/mol. The Kier molecular flexibility index (Phi) is 2.40. The highest BCUT2D eigenvalue weighted by Gasteiger charge is 2.36. The van der Waals surface area contributed by atoms with E-state index in [2.05, 4.69) is 15.9 Å². The topological polar surface area (TPSA) is 26.0 Å². The van der Waals surface area contributed by atoms with Crippen LogP contribution in [-0.4, -0.2) is 0 Å². The molecule has 3 heteroatoms. The molecule has 0 aliphatic heterocycles. The zero-order valence-corrected chi connectivity index (χ0v) is 9.70. The molecule has 1 aromatic rings. The molecule has 0 unspecified atom stereocenters. The monoisotopic (exact) mass is 257 g/mol. The van der Waals surface area contributed by atoms with Crippen molar-refractivity contribution in [3.8, 4) is 0 Å². The van der Waals surface area contributed by atoms with Crippen LogP contribution in [-0.2, 0) is 5.54 Å². The van der Waals surface area contributed by atoms with Gasteiger partial charge in [0.25, 0.3) is 0 Å². The van der Waals surface area contributed by atoms with Gasteiger partial charge < -0.3 is 5.73 Å². The summed E-state index contributed by atoms with van der Waals surface area (Å²) in [5.74, 6) is -0.211. The molecule has 0 heterocycles. The van der Waals surface area contributed by atoms with Crippen molar-refractivity contribution in [2.75, 3.05) is 0 Å². The number of nitrogens with two attached hydrogens (primary N) is 1. The standard InChI is InChI=1S/C11H13BrFN/c1-7-5-8(10(12)9(13)6-7)11(14)3-2-4-11/h5-6H,2-4,14H2,1H3. The van der Waals surface area contributed by atoms with Crippen LogP contribution in [0, 0.1) is 12.7 Å². The van der Waals surface area contributed by atoms with Crippen molar-refractivity contribution >= 4 is 15.9 Å². The maximum atomic E-state index is 13.4. The first-order chi connectivity index (χ1) is 6.53. The molecule has 14 heavy (non-hydrogen) atoms. The number of hydrogen-bond acceptors (Lipinski definition) is 1. The Balaban J connectivity index is 2.51. The lowest BCUT2D eigenvalue weighted by atomic mass is 9.72. The summed E-state index contributed by atoms with van der Waals surface area (Å²) in [7, 11) is 0. The normalized spacial score (nSPS) is 19.1. The number of aryl methyl sites for hydroxylation is 1. The van der Waals surface area contributed by atoms with Gasteiger partial charge in [-0.1, -0.05) is 6.07 Å². The van der Waals surface area contributed by atoms with Crippen molar-refractivity contribution in [1.29, 1.82) is 0 Å². The second-order valence-corrected chi connectivity index (χ2v) is 4.91. The summed E-state index contributed by atoms with van der Waals surface area (Å²) in [4.78, 5) is 0. The summed E-state index contributed by atoms with van der Waals surface area (Å²) in [5, 5.41) is 0. The largest absolute Gasteiger partial charge is 0.321 e. The highest BCUT2D eigenvalue weighted by atomic mass is 79.9. The minimum Gasteiger partial charge on any atom is -0.321 e. The zero-order valence-electron chi connectivity index (χ0n) is 8.11. The predicted octanol–water partition coefficient (Wildman–Crippen LogP) is 3.23. The van der Waals surface area contributed by atoms with Crippen LogP contribution in [0.5, 0.6) is 0 Å². The van der Waals surface area contributed by atoms with Crippen molar-refractivity contribution in [1.82, 2.24) is 0 Å². The van der Waals surface area contributed by atoms with Crippen LogP contribution in [0.4, 0.5) is 4.39 Å². The minimum absolute atomic E-state index is 0.211. The van der Waals surface area contributed by atoms with E-state index in [1.165, 1.54) is 6.07 Å². The Hall–Kier alpha value is -0.410. The number of rotatable bonds is 1. The minimum atomic E-state index is -0.300. The lowest BCUT2D eigenvalue weighted by Crippen LogP contribution is -2.43. The Labute approximate surface area is 91.6 Å². The summed E-state index contributed by atoms with van der Waals surface area (Å²) < 4.78 is 14.0. The van der Waals surface area contributed by atoms with E-state index in [-0.39, 0.29) is 11.4 Å². The Morgan fingerprint density at radius 2 is 2.07 bits per heavy atom. The van der Waals surface area contributed by atoms with Gasteiger partial charge in [-0.2, -0.15) is 0 Å². The van der Waals surface area contributed by atoms with Crippen LogP contribution in [0.3, 0.4) is 0 Å². The Morgan fingerprint density at radius 3 is 2.57 bits per heavy atom. The summed E-state index contributed by atoms with van der Waals surface area (Å²) in [6.45, 7) is 1.89. The van der Waals surface area contributed by atoms with Crippen LogP contribution in [0.15, 0.2) is 16.6 Å². The summed E-state index contributed by atoms with van der Waals surface area (Å²) in [6, 6.07) is 3.50. The van der Waals surface area contributed by atoms with Crippen LogP contribution >= 0.6 is 15.9 Å². The van der Waals surface area contributed by atoms with Gasteiger partial charge in [-0.15, -0.1) is 0 Å². The van der Waals surface area contributed by atoms with Gasteiger partial charge in [0.05, 0.1) is 4.47 Å². The SMILES string of the molecule is Cc1cc(F)c(Br)c(C2(N)CCC2)c1. The first-order valence-corrected chi connectivity index (χ1v) is 5.57. The molecule has 0 aromatic heterocycles. The molecule has 1 nitrogen and oxygen atoms in total. The van der Waals surface area contributed by atoms with E-state index in [0.717, 1.165) is 30.4 Å². The van der Waals surface area contributed by atoms with E-state index in [4.69, 9.17) is 5.73 Å². The second-order valence-electron chi connectivity index (χ2n) is 4.12. The van der Waals surface area contributed by atoms with Gasteiger partial charge in [0.2, 0.25) is 0 Å². The van der Waals surface area contributed by atoms with Crippen molar-refractivity contribution < 1.29 is 4.39 Å². The quantitative estimate of drug-likeness (QED) is 0.822. The molecule has 2 N–H and O–H groups in total. The summed E-state index contributed by atoms with van der Waals surface area (Å²) in [5.41, 5.74) is 7.71. The maximum Gasteiger partial charge on any atom is 0.137 e. The highest BCUT2D eigenvalue weighted by molar-refractivity contribution is 9.10. The lowest BCUT2D eigenvalue weighted by molar-refractivity contribution is 0.251. The Bertz CT molecular complexity index is 372. The lowest BCUT2D eigenvalue weighted by Gasteiger charge is -2.39. The third kappa shape index (κ3) is 1.48. The molecule has 0 bridgehead atoms. The number of benzene rings is 1. The molecule has 0 amide bonds. The van der Waals surface area contributed by atoms with E-state index < -0.39 is 0 Å². The van der Waals surface area contributed by atoms with Gasteiger partial charge in [0.1, 0.15) is 5.82 Å². The van der Waals surface area contributed by atoms with Gasteiger partial charge >= 0.3 is 0 Å². The molecule has 1 aliphatic carbocycles. The maximum absolute atomic E-state index is 13.4. The van der Waals surface area contributed by atoms with Crippen molar-refractivity contribution in [3.05, 3.63) is 33.5 Å². The molecule has 0 atom stereocenters. The third-order valence-corrected chi connectivity index (χ3v) is 3.76. The van der Waals surface area contributed by atoms with E-state index in [1.807, 2.05) is 13.0 Å². The molecule has 1 aliphatic rings. The van der Waals surface area contributed by atoms with Crippen LogP contribution in [0.25, 0.3) is 0 Å². The predicted molar refractivity (Wildman–Crippen MR) is 58.6 cm³/mol. The zero-order chi connectivity index (χ0) is 10.3. The number of halogens is 2. The van der Waals surface area contributed by atoms with E-state index in [9.17, 15) is 4.39 Å². The fourth-order valence-corrected chi connectivity index (χ4v) is 2.54. The van der Waals surface area contributed by atoms with Crippen LogP contribution in [0.2, 0.25) is 0 Å². The van der Waals surface area contributed by atoms with Gasteiger partial charge in [-0.25, -0.2) is 4.39 Å². The van der Waals surface area contributed by atoms with Gasteiger partial charge in [-0.05, 0) is 59.3 Å². The second kappa shape index (κ2) is 3.31. The molecule has 1 aromatic carbocycles. The van der Waals surface area contributed by atoms with Crippen molar-refractivity contribution in [2.45, 2.75) is 31.7 Å². The third-order valence-electron chi connectivity index (χ3n) is 2.95. The molecule has 0 spiro atoms. The molecule has 0 saturated heterocycles. The van der Waals surface area contributed by atoms with Gasteiger partial charge in [0, 0.05) is 5.54 Å². The summed E-state index contributed by atoms with van der Waals surface area (Å²) >= 11 is 3.27. The fraction of sp³-hybridized carbons (Fsp3) is 0.455. The molecular weight excluding hydrogens is 245 g/mol. The van der Waals surface area contributed by atoms with Crippen molar-refractivity contribution in [2.24, 2.45) is 5.73 Å². The van der Waals surface area contributed by atoms with Crippen molar-refractivity contribution in [3.63, 3.8) is 0 Å². The average Bonchev–Trinajstić information content (AvgIpc) is 2.07. The summed E-state index contributed by atoms with van der Waals surface area (Å²) in [6.07, 6.45) is 3.04. The van der Waals surface area contributed by atoms with Crippen LogP contribution < -0.4 is 5.73 Å². The first kappa shape index (κ1) is 10.1. The molecule has 2 rings (SSSR count). The molecular formula is C11H13BrFN.